The average molecular weight is 425 g/mol. The predicted molar refractivity (Wildman–Crippen MR) is 116 cm³/mol. The van der Waals surface area contributed by atoms with E-state index in [-0.39, 0.29) is 24.1 Å². The molecule has 4 heterocycles. The molecule has 1 aromatic carbocycles. The molecule has 0 aliphatic carbocycles. The lowest BCUT2D eigenvalue weighted by Crippen LogP contribution is -2.67. The zero-order valence-corrected chi connectivity index (χ0v) is 18.4. The number of carbonyl (C=O) groups excluding carboxylic acids is 3. The molecule has 0 aromatic heterocycles. The van der Waals surface area contributed by atoms with Crippen molar-refractivity contribution in [3.05, 3.63) is 34.9 Å². The molecule has 3 amide bonds. The van der Waals surface area contributed by atoms with Crippen LogP contribution in [0.15, 0.2) is 18.2 Å². The van der Waals surface area contributed by atoms with E-state index in [1.165, 1.54) is 18.4 Å². The van der Waals surface area contributed by atoms with Gasteiger partial charge in [0.25, 0.3) is 5.91 Å². The number of imide groups is 1. The van der Waals surface area contributed by atoms with Crippen LogP contribution in [-0.2, 0) is 22.7 Å². The Morgan fingerprint density at radius 1 is 1.16 bits per heavy atom. The molecule has 5 rings (SSSR count). The minimum Gasteiger partial charge on any atom is -0.322 e. The molecule has 3 fully saturated rings. The van der Waals surface area contributed by atoms with Gasteiger partial charge in [-0.15, -0.1) is 0 Å². The van der Waals surface area contributed by atoms with Crippen LogP contribution in [0.5, 0.6) is 0 Å². The third-order valence-electron chi connectivity index (χ3n) is 7.85. The second-order valence-corrected chi connectivity index (χ2v) is 10.1. The molecule has 0 radical (unpaired) electrons. The summed E-state index contributed by atoms with van der Waals surface area (Å²) in [5, 5.41) is 6.00. The zero-order valence-electron chi connectivity index (χ0n) is 18.4. The van der Waals surface area contributed by atoms with Crippen LogP contribution >= 0.6 is 0 Å². The zero-order chi connectivity index (χ0) is 21.8. The van der Waals surface area contributed by atoms with Gasteiger partial charge in [0.05, 0.1) is 0 Å². The fraction of sp³-hybridized carbons (Fsp3) is 0.625. The van der Waals surface area contributed by atoms with Gasteiger partial charge in [-0.25, -0.2) is 0 Å². The Kier molecular flexibility index (Phi) is 5.13. The molecule has 166 valence electrons. The normalized spacial score (nSPS) is 28.1. The van der Waals surface area contributed by atoms with Crippen molar-refractivity contribution in [2.75, 3.05) is 19.6 Å². The van der Waals surface area contributed by atoms with Crippen LogP contribution in [0.25, 0.3) is 0 Å². The minimum absolute atomic E-state index is 0.104. The van der Waals surface area contributed by atoms with Gasteiger partial charge in [0, 0.05) is 43.1 Å². The number of nitrogens with zero attached hydrogens (tertiary/aromatic N) is 2. The fourth-order valence-electron chi connectivity index (χ4n) is 6.08. The standard InChI is InChI=1S/C24H32N4O3/c1-15(2)21-24(14-25-21)7-9-27(10-8-24)12-16-3-4-18-17(11-16)13-28(23(18)31)19-5-6-20(29)26-22(19)30/h3-4,11,15,19,21,25H,5-10,12-14H2,1-2H3,(H,26,29,30). The van der Waals surface area contributed by atoms with Crippen molar-refractivity contribution in [2.45, 2.75) is 64.7 Å². The first-order valence-corrected chi connectivity index (χ1v) is 11.6. The number of hydrogen-bond donors (Lipinski definition) is 2. The first kappa shape index (κ1) is 20.6. The monoisotopic (exact) mass is 424 g/mol. The van der Waals surface area contributed by atoms with E-state index in [4.69, 9.17) is 0 Å². The highest BCUT2D eigenvalue weighted by Gasteiger charge is 2.49. The van der Waals surface area contributed by atoms with E-state index in [1.807, 2.05) is 6.07 Å². The topological polar surface area (TPSA) is 81.8 Å². The number of likely N-dealkylation sites (tertiary alicyclic amines) is 1. The SMILES string of the molecule is CC(C)C1NCC12CCN(Cc1ccc3c(c1)CN(C1CCC(=O)NC1=O)C3=O)CC2. The Hall–Kier alpha value is -2.25. The van der Waals surface area contributed by atoms with Crippen LogP contribution in [-0.4, -0.2) is 59.2 Å². The Bertz CT molecular complexity index is 919. The van der Waals surface area contributed by atoms with E-state index in [0.29, 0.717) is 35.9 Å². The summed E-state index contributed by atoms with van der Waals surface area (Å²) in [6, 6.07) is 6.19. The summed E-state index contributed by atoms with van der Waals surface area (Å²) in [7, 11) is 0. The molecule has 0 bridgehead atoms. The van der Waals surface area contributed by atoms with Crippen LogP contribution in [0, 0.1) is 11.3 Å². The first-order chi connectivity index (χ1) is 14.9. The number of amides is 3. The third-order valence-corrected chi connectivity index (χ3v) is 7.85. The molecule has 2 atom stereocenters. The summed E-state index contributed by atoms with van der Waals surface area (Å²) in [6.45, 7) is 9.35. The van der Waals surface area contributed by atoms with E-state index in [9.17, 15) is 14.4 Å². The second-order valence-electron chi connectivity index (χ2n) is 10.1. The molecule has 2 unspecified atom stereocenters. The largest absolute Gasteiger partial charge is 0.322 e. The highest BCUT2D eigenvalue weighted by molar-refractivity contribution is 6.05. The Morgan fingerprint density at radius 2 is 1.94 bits per heavy atom. The molecule has 3 saturated heterocycles. The predicted octanol–water partition coefficient (Wildman–Crippen LogP) is 1.66. The van der Waals surface area contributed by atoms with Crippen LogP contribution in [0.4, 0.5) is 0 Å². The van der Waals surface area contributed by atoms with Gasteiger partial charge >= 0.3 is 0 Å². The molecular weight excluding hydrogens is 392 g/mol. The fourth-order valence-corrected chi connectivity index (χ4v) is 6.08. The van der Waals surface area contributed by atoms with Gasteiger partial charge < -0.3 is 10.2 Å². The molecular formula is C24H32N4O3. The Morgan fingerprint density at radius 3 is 2.58 bits per heavy atom. The minimum atomic E-state index is -0.552. The lowest BCUT2D eigenvalue weighted by molar-refractivity contribution is -0.136. The molecule has 7 heteroatoms. The number of fused-ring (bicyclic) bond motifs is 1. The lowest BCUT2D eigenvalue weighted by atomic mass is 9.63. The van der Waals surface area contributed by atoms with Crippen molar-refractivity contribution in [3.8, 4) is 0 Å². The number of piperidine rings is 2. The smallest absolute Gasteiger partial charge is 0.255 e. The van der Waals surface area contributed by atoms with Crippen molar-refractivity contribution in [2.24, 2.45) is 11.3 Å². The molecule has 4 aliphatic heterocycles. The van der Waals surface area contributed by atoms with E-state index < -0.39 is 6.04 Å². The summed E-state index contributed by atoms with van der Waals surface area (Å²) in [6.07, 6.45) is 3.18. The van der Waals surface area contributed by atoms with E-state index in [1.54, 1.807) is 4.90 Å². The number of rotatable bonds is 4. The number of carbonyl (C=O) groups is 3. The quantitative estimate of drug-likeness (QED) is 0.719. The third kappa shape index (κ3) is 3.57. The van der Waals surface area contributed by atoms with E-state index in [2.05, 4.69) is 41.5 Å². The molecule has 1 spiro atoms. The maximum Gasteiger partial charge on any atom is 0.255 e. The van der Waals surface area contributed by atoms with Crippen molar-refractivity contribution >= 4 is 17.7 Å². The van der Waals surface area contributed by atoms with Crippen LogP contribution in [0.1, 0.15) is 61.0 Å². The highest BCUT2D eigenvalue weighted by Crippen LogP contribution is 2.43. The average Bonchev–Trinajstić information content (AvgIpc) is 3.03. The van der Waals surface area contributed by atoms with E-state index >= 15 is 0 Å². The van der Waals surface area contributed by atoms with Crippen LogP contribution in [0.3, 0.4) is 0 Å². The molecule has 2 N–H and O–H groups in total. The van der Waals surface area contributed by atoms with Crippen LogP contribution in [0.2, 0.25) is 0 Å². The van der Waals surface area contributed by atoms with Crippen molar-refractivity contribution in [1.82, 2.24) is 20.4 Å². The molecule has 7 nitrogen and oxygen atoms in total. The van der Waals surface area contributed by atoms with Gasteiger partial charge in [0.1, 0.15) is 6.04 Å². The lowest BCUT2D eigenvalue weighted by Gasteiger charge is -2.56. The van der Waals surface area contributed by atoms with Gasteiger partial charge in [-0.05, 0) is 55.5 Å². The summed E-state index contributed by atoms with van der Waals surface area (Å²) >= 11 is 0. The molecule has 0 saturated carbocycles. The summed E-state index contributed by atoms with van der Waals surface area (Å²) in [4.78, 5) is 40.7. The highest BCUT2D eigenvalue weighted by atomic mass is 16.2. The van der Waals surface area contributed by atoms with Crippen LogP contribution < -0.4 is 10.6 Å². The number of hydrogen-bond acceptors (Lipinski definition) is 5. The van der Waals surface area contributed by atoms with Gasteiger partial charge in [-0.2, -0.15) is 0 Å². The Balaban J connectivity index is 1.22. The van der Waals surface area contributed by atoms with E-state index in [0.717, 1.165) is 31.7 Å². The van der Waals surface area contributed by atoms with Gasteiger partial charge in [0.15, 0.2) is 0 Å². The Labute approximate surface area is 183 Å². The second kappa shape index (κ2) is 7.71. The molecule has 31 heavy (non-hydrogen) atoms. The molecule has 1 aromatic rings. The first-order valence-electron chi connectivity index (χ1n) is 11.6. The van der Waals surface area contributed by atoms with Gasteiger partial charge in [0.2, 0.25) is 11.8 Å². The van der Waals surface area contributed by atoms with Crippen molar-refractivity contribution < 1.29 is 14.4 Å². The summed E-state index contributed by atoms with van der Waals surface area (Å²) < 4.78 is 0. The van der Waals surface area contributed by atoms with Crippen molar-refractivity contribution in [3.63, 3.8) is 0 Å². The summed E-state index contributed by atoms with van der Waals surface area (Å²) in [5.74, 6) is -0.0338. The number of nitrogens with one attached hydrogen (secondary N) is 2. The number of benzene rings is 1. The van der Waals surface area contributed by atoms with Crippen molar-refractivity contribution in [1.29, 1.82) is 0 Å². The van der Waals surface area contributed by atoms with Gasteiger partial charge in [-0.1, -0.05) is 26.0 Å². The maximum absolute atomic E-state index is 12.9. The van der Waals surface area contributed by atoms with Gasteiger partial charge in [-0.3, -0.25) is 24.6 Å². The maximum atomic E-state index is 12.9. The molecule has 4 aliphatic rings. The summed E-state index contributed by atoms with van der Waals surface area (Å²) in [5.41, 5.74) is 3.38.